The number of benzene rings is 2. The molecule has 0 unspecified atom stereocenters. The van der Waals surface area contributed by atoms with E-state index in [-0.39, 0.29) is 18.1 Å². The van der Waals surface area contributed by atoms with Crippen molar-refractivity contribution in [1.29, 1.82) is 5.26 Å². The molecule has 2 atom stereocenters. The number of carbonyl (C=O) groups excluding carboxylic acids is 1. The van der Waals surface area contributed by atoms with E-state index >= 15 is 0 Å². The molecular weight excluding hydrogens is 428 g/mol. The van der Waals surface area contributed by atoms with Crippen LogP contribution in [0.1, 0.15) is 30.4 Å². The van der Waals surface area contributed by atoms with Crippen LogP contribution in [0.5, 0.6) is 17.2 Å². The third-order valence-corrected chi connectivity index (χ3v) is 6.96. The van der Waals surface area contributed by atoms with Crippen LogP contribution in [0.4, 0.5) is 0 Å². The Morgan fingerprint density at radius 2 is 2.03 bits per heavy atom. The highest BCUT2D eigenvalue weighted by Gasteiger charge is 2.52. The molecule has 2 aromatic rings. The molecule has 0 spiro atoms. The average molecular weight is 453 g/mol. The van der Waals surface area contributed by atoms with Gasteiger partial charge in [-0.25, -0.2) is 0 Å². The Balaban J connectivity index is 1.76. The van der Waals surface area contributed by atoms with Crippen molar-refractivity contribution in [3.05, 3.63) is 64.2 Å². The van der Waals surface area contributed by atoms with Crippen molar-refractivity contribution in [3.63, 3.8) is 0 Å². The van der Waals surface area contributed by atoms with Gasteiger partial charge in [0.25, 0.3) is 0 Å². The number of ether oxygens (including phenoxy) is 3. The summed E-state index contributed by atoms with van der Waals surface area (Å²) < 4.78 is 16.3. The Hall–Kier alpha value is -3.15. The minimum Gasteiger partial charge on any atom is -0.497 e. The van der Waals surface area contributed by atoms with Gasteiger partial charge in [0, 0.05) is 17.9 Å². The van der Waals surface area contributed by atoms with Crippen LogP contribution in [0, 0.1) is 11.3 Å². The molecule has 7 nitrogen and oxygen atoms in total. The van der Waals surface area contributed by atoms with Gasteiger partial charge in [-0.1, -0.05) is 18.2 Å². The summed E-state index contributed by atoms with van der Waals surface area (Å²) in [5, 5.41) is 22.1. The number of fused-ring (bicyclic) bond motifs is 1. The molecule has 2 heterocycles. The molecule has 32 heavy (non-hydrogen) atoms. The second-order valence-electron chi connectivity index (χ2n) is 7.50. The number of rotatable bonds is 6. The van der Waals surface area contributed by atoms with Gasteiger partial charge in [0.15, 0.2) is 17.2 Å². The van der Waals surface area contributed by atoms with Crippen molar-refractivity contribution in [1.82, 2.24) is 4.90 Å². The second-order valence-corrected chi connectivity index (χ2v) is 8.46. The van der Waals surface area contributed by atoms with Crippen LogP contribution in [-0.4, -0.2) is 42.5 Å². The van der Waals surface area contributed by atoms with E-state index in [0.29, 0.717) is 40.0 Å². The summed E-state index contributed by atoms with van der Waals surface area (Å²) in [5.41, 5.74) is 0.250. The lowest BCUT2D eigenvalue weighted by Gasteiger charge is -2.38. The predicted octanol–water partition coefficient (Wildman–Crippen LogP) is 3.75. The molecule has 1 N–H and O–H groups in total. The summed E-state index contributed by atoms with van der Waals surface area (Å²) >= 11 is 1.31. The first-order valence-corrected chi connectivity index (χ1v) is 11.2. The van der Waals surface area contributed by atoms with Crippen molar-refractivity contribution >= 4 is 17.7 Å². The first kappa shape index (κ1) is 22.1. The maximum Gasteiger partial charge on any atom is 0.231 e. The van der Waals surface area contributed by atoms with Gasteiger partial charge in [0.05, 0.1) is 43.3 Å². The lowest BCUT2D eigenvalue weighted by Crippen LogP contribution is -2.48. The van der Waals surface area contributed by atoms with Crippen molar-refractivity contribution in [2.24, 2.45) is 0 Å². The summed E-state index contributed by atoms with van der Waals surface area (Å²) in [4.78, 5) is 14.7. The van der Waals surface area contributed by atoms with Crippen molar-refractivity contribution in [2.45, 2.75) is 25.0 Å². The molecule has 0 saturated carbocycles. The quantitative estimate of drug-likeness (QED) is 0.714. The summed E-state index contributed by atoms with van der Waals surface area (Å²) in [6, 6.07) is 14.8. The summed E-state index contributed by atoms with van der Waals surface area (Å²) in [7, 11) is 3.10. The van der Waals surface area contributed by atoms with Gasteiger partial charge in [0.1, 0.15) is 5.75 Å². The lowest BCUT2D eigenvalue weighted by molar-refractivity contribution is -0.149. The van der Waals surface area contributed by atoms with E-state index in [4.69, 9.17) is 14.2 Å². The molecule has 2 aliphatic rings. The molecule has 166 valence electrons. The van der Waals surface area contributed by atoms with Crippen LogP contribution in [-0.2, 0) is 10.5 Å². The minimum atomic E-state index is -1.55. The zero-order valence-corrected chi connectivity index (χ0v) is 18.9. The smallest absolute Gasteiger partial charge is 0.231 e. The van der Waals surface area contributed by atoms with Gasteiger partial charge in [0.2, 0.25) is 5.91 Å². The van der Waals surface area contributed by atoms with E-state index in [2.05, 4.69) is 6.07 Å². The van der Waals surface area contributed by atoms with Gasteiger partial charge in [-0.15, -0.1) is 11.8 Å². The zero-order valence-electron chi connectivity index (χ0n) is 18.1. The van der Waals surface area contributed by atoms with Gasteiger partial charge < -0.3 is 19.3 Å². The molecule has 8 heteroatoms. The highest BCUT2D eigenvalue weighted by atomic mass is 32.2. The second kappa shape index (κ2) is 8.77. The maximum absolute atomic E-state index is 13.3. The number of thioether (sulfide) groups is 1. The van der Waals surface area contributed by atoms with Gasteiger partial charge in [-0.05, 0) is 36.8 Å². The Bertz CT molecular complexity index is 1130. The number of allylic oxidation sites excluding steroid dienone is 1. The number of amides is 1. The van der Waals surface area contributed by atoms with E-state index < -0.39 is 11.6 Å². The SMILES string of the molecule is CCOc1ccc([C@H]2CC(=O)N3C(=C2C#N)SC[C@@]3(O)c2cccc(OC)c2)cc1OC. The first-order chi connectivity index (χ1) is 15.5. The monoisotopic (exact) mass is 452 g/mol. The third-order valence-electron chi connectivity index (χ3n) is 5.73. The number of aliphatic hydroxyl groups is 1. The molecule has 1 fully saturated rings. The maximum atomic E-state index is 13.3. The van der Waals surface area contributed by atoms with Crippen molar-refractivity contribution in [2.75, 3.05) is 26.6 Å². The van der Waals surface area contributed by atoms with Crippen LogP contribution in [0.3, 0.4) is 0 Å². The first-order valence-electron chi connectivity index (χ1n) is 10.2. The Labute approximate surface area is 191 Å². The Morgan fingerprint density at radius 3 is 2.72 bits per heavy atom. The predicted molar refractivity (Wildman–Crippen MR) is 120 cm³/mol. The molecule has 2 aliphatic heterocycles. The lowest BCUT2D eigenvalue weighted by atomic mass is 9.85. The van der Waals surface area contributed by atoms with Crippen LogP contribution in [0.2, 0.25) is 0 Å². The van der Waals surface area contributed by atoms with E-state index in [1.54, 1.807) is 44.6 Å². The standard InChI is InChI=1S/C24H24N2O5S/c1-4-31-20-9-8-15(10-21(20)30-3)18-12-22(27)26-23(19(18)13-25)32-14-24(26,28)16-6-5-7-17(11-16)29-2/h5-11,18,28H,4,12,14H2,1-3H3/t18-,24-/m1/s1. The molecule has 1 saturated heterocycles. The topological polar surface area (TPSA) is 92.0 Å². The molecule has 0 bridgehead atoms. The highest BCUT2D eigenvalue weighted by Crippen LogP contribution is 2.52. The number of carbonyl (C=O) groups is 1. The van der Waals surface area contributed by atoms with Crippen LogP contribution in [0.25, 0.3) is 0 Å². The molecular formula is C24H24N2O5S. The zero-order chi connectivity index (χ0) is 22.9. The highest BCUT2D eigenvalue weighted by molar-refractivity contribution is 8.03. The van der Waals surface area contributed by atoms with E-state index in [9.17, 15) is 15.2 Å². The Kier molecular flexibility index (Phi) is 6.04. The van der Waals surface area contributed by atoms with Gasteiger partial charge in [-0.2, -0.15) is 5.26 Å². The largest absolute Gasteiger partial charge is 0.497 e. The molecule has 0 radical (unpaired) electrons. The van der Waals surface area contributed by atoms with Crippen molar-refractivity contribution < 1.29 is 24.1 Å². The molecule has 4 rings (SSSR count). The summed E-state index contributed by atoms with van der Waals surface area (Å²) in [5.74, 6) is 1.30. The number of methoxy groups -OCH3 is 2. The van der Waals surface area contributed by atoms with E-state index in [0.717, 1.165) is 5.56 Å². The normalized spacial score (nSPS) is 22.4. The van der Waals surface area contributed by atoms with Crippen LogP contribution >= 0.6 is 11.8 Å². The molecule has 0 aliphatic carbocycles. The van der Waals surface area contributed by atoms with Gasteiger partial charge in [-0.3, -0.25) is 9.69 Å². The number of nitriles is 1. The summed E-state index contributed by atoms with van der Waals surface area (Å²) in [6.45, 7) is 2.39. The molecule has 2 aromatic carbocycles. The third kappa shape index (κ3) is 3.57. The van der Waals surface area contributed by atoms with E-state index in [1.165, 1.54) is 16.7 Å². The molecule has 0 aromatic heterocycles. The van der Waals surface area contributed by atoms with Crippen molar-refractivity contribution in [3.8, 4) is 23.3 Å². The fourth-order valence-electron chi connectivity index (χ4n) is 4.17. The van der Waals surface area contributed by atoms with Crippen LogP contribution in [0.15, 0.2) is 53.1 Å². The van der Waals surface area contributed by atoms with Crippen LogP contribution < -0.4 is 14.2 Å². The van der Waals surface area contributed by atoms with Gasteiger partial charge >= 0.3 is 0 Å². The number of hydrogen-bond donors (Lipinski definition) is 1. The summed E-state index contributed by atoms with van der Waals surface area (Å²) in [6.07, 6.45) is 0.0658. The minimum absolute atomic E-state index is 0.0658. The molecule has 1 amide bonds. The Morgan fingerprint density at radius 1 is 1.22 bits per heavy atom. The fraction of sp³-hybridized carbons (Fsp3) is 0.333. The van der Waals surface area contributed by atoms with E-state index in [1.807, 2.05) is 19.1 Å². The average Bonchev–Trinajstić information content (AvgIpc) is 3.18. The number of hydrogen-bond acceptors (Lipinski definition) is 7. The number of nitrogens with zero attached hydrogens (tertiary/aromatic N) is 2. The fourth-order valence-corrected chi connectivity index (χ4v) is 5.53.